The average Bonchev–Trinajstić information content (AvgIpc) is 2.53. The van der Waals surface area contributed by atoms with Crippen LogP contribution in [0.5, 0.6) is 0 Å². The van der Waals surface area contributed by atoms with Crippen LogP contribution in [0.1, 0.15) is 50.4 Å². The van der Waals surface area contributed by atoms with Gasteiger partial charge in [0.25, 0.3) is 5.91 Å². The van der Waals surface area contributed by atoms with Crippen LogP contribution in [0, 0.1) is 11.2 Å². The molecule has 1 aromatic carbocycles. The highest BCUT2D eigenvalue weighted by atomic mass is 19.1. The van der Waals surface area contributed by atoms with Gasteiger partial charge in [-0.15, -0.1) is 0 Å². The van der Waals surface area contributed by atoms with Gasteiger partial charge in [-0.25, -0.2) is 4.39 Å². The summed E-state index contributed by atoms with van der Waals surface area (Å²) in [6.45, 7) is 5.83. The Morgan fingerprint density at radius 1 is 1.26 bits per heavy atom. The predicted molar refractivity (Wildman–Crippen MR) is 87.8 cm³/mol. The number of hydrogen-bond acceptors (Lipinski definition) is 3. The van der Waals surface area contributed by atoms with E-state index in [0.29, 0.717) is 13.0 Å². The molecule has 0 heterocycles. The van der Waals surface area contributed by atoms with E-state index in [9.17, 15) is 19.1 Å². The predicted octanol–water partition coefficient (Wildman–Crippen LogP) is 2.70. The van der Waals surface area contributed by atoms with E-state index < -0.39 is 11.7 Å². The van der Waals surface area contributed by atoms with Crippen LogP contribution >= 0.6 is 0 Å². The first kappa shape index (κ1) is 19.1. The number of carbonyl (C=O) groups is 2. The molecule has 128 valence electrons. The van der Waals surface area contributed by atoms with Gasteiger partial charge in [0, 0.05) is 25.6 Å². The molecule has 0 fully saturated rings. The van der Waals surface area contributed by atoms with Crippen LogP contribution in [0.15, 0.2) is 18.2 Å². The first-order chi connectivity index (χ1) is 10.9. The minimum atomic E-state index is -0.589. The van der Waals surface area contributed by atoms with Gasteiger partial charge in [0.05, 0.1) is 5.69 Å². The van der Waals surface area contributed by atoms with Gasteiger partial charge in [0.1, 0.15) is 5.82 Å². The van der Waals surface area contributed by atoms with E-state index in [1.54, 1.807) is 0 Å². The molecule has 0 unspecified atom stereocenters. The third-order valence-electron chi connectivity index (χ3n) is 4.31. The monoisotopic (exact) mass is 324 g/mol. The second-order valence-electron chi connectivity index (χ2n) is 5.74. The zero-order chi connectivity index (χ0) is 17.5. The van der Waals surface area contributed by atoms with Crippen molar-refractivity contribution in [1.82, 2.24) is 5.32 Å². The van der Waals surface area contributed by atoms with Gasteiger partial charge in [-0.2, -0.15) is 0 Å². The lowest BCUT2D eigenvalue weighted by atomic mass is 9.79. The van der Waals surface area contributed by atoms with E-state index in [1.807, 2.05) is 13.8 Å². The fourth-order valence-corrected chi connectivity index (χ4v) is 2.50. The summed E-state index contributed by atoms with van der Waals surface area (Å²) in [5.74, 6) is -1.32. The van der Waals surface area contributed by atoms with Crippen molar-refractivity contribution in [2.45, 2.75) is 40.0 Å². The maximum absolute atomic E-state index is 13.6. The Kier molecular flexibility index (Phi) is 7.16. The van der Waals surface area contributed by atoms with Gasteiger partial charge < -0.3 is 15.7 Å². The van der Waals surface area contributed by atoms with Crippen molar-refractivity contribution in [1.29, 1.82) is 0 Å². The van der Waals surface area contributed by atoms with Gasteiger partial charge in [0.15, 0.2) is 0 Å². The van der Waals surface area contributed by atoms with Gasteiger partial charge in [-0.1, -0.05) is 13.8 Å². The van der Waals surface area contributed by atoms with Crippen molar-refractivity contribution >= 4 is 17.5 Å². The van der Waals surface area contributed by atoms with Crippen LogP contribution in [0.4, 0.5) is 10.1 Å². The molecule has 0 atom stereocenters. The van der Waals surface area contributed by atoms with Crippen molar-refractivity contribution in [2.75, 3.05) is 18.5 Å². The molecule has 0 saturated carbocycles. The van der Waals surface area contributed by atoms with E-state index in [-0.39, 0.29) is 29.2 Å². The quantitative estimate of drug-likeness (QED) is 0.688. The Morgan fingerprint density at radius 3 is 2.43 bits per heavy atom. The lowest BCUT2D eigenvalue weighted by molar-refractivity contribution is -0.114. The van der Waals surface area contributed by atoms with Crippen LogP contribution in [0.25, 0.3) is 0 Å². The van der Waals surface area contributed by atoms with E-state index in [1.165, 1.54) is 19.1 Å². The van der Waals surface area contributed by atoms with E-state index in [4.69, 9.17) is 0 Å². The highest BCUT2D eigenvalue weighted by molar-refractivity contribution is 5.96. The SMILES string of the molecule is CCC(CC)(CCO)CNC(=O)c1ccc(F)c(NC(C)=O)c1. The highest BCUT2D eigenvalue weighted by Crippen LogP contribution is 2.29. The molecule has 23 heavy (non-hydrogen) atoms. The molecule has 1 aromatic rings. The number of aliphatic hydroxyl groups excluding tert-OH is 1. The van der Waals surface area contributed by atoms with Crippen molar-refractivity contribution in [3.8, 4) is 0 Å². The number of benzene rings is 1. The zero-order valence-corrected chi connectivity index (χ0v) is 13.9. The topological polar surface area (TPSA) is 78.4 Å². The summed E-state index contributed by atoms with van der Waals surface area (Å²) in [6, 6.07) is 3.85. The van der Waals surface area contributed by atoms with Crippen LogP contribution in [-0.2, 0) is 4.79 Å². The summed E-state index contributed by atoms with van der Waals surface area (Å²) in [4.78, 5) is 23.3. The summed E-state index contributed by atoms with van der Waals surface area (Å²) in [5.41, 5.74) is 0.114. The average molecular weight is 324 g/mol. The van der Waals surface area contributed by atoms with Gasteiger partial charge >= 0.3 is 0 Å². The van der Waals surface area contributed by atoms with E-state index >= 15 is 0 Å². The number of hydrogen-bond donors (Lipinski definition) is 3. The van der Waals surface area contributed by atoms with Gasteiger partial charge in [-0.05, 0) is 42.9 Å². The van der Waals surface area contributed by atoms with Crippen LogP contribution in [0.2, 0.25) is 0 Å². The molecule has 3 N–H and O–H groups in total. The lowest BCUT2D eigenvalue weighted by Crippen LogP contribution is -2.37. The van der Waals surface area contributed by atoms with E-state index in [2.05, 4.69) is 10.6 Å². The Hall–Kier alpha value is -1.95. The van der Waals surface area contributed by atoms with Crippen molar-refractivity contribution in [2.24, 2.45) is 5.41 Å². The zero-order valence-electron chi connectivity index (χ0n) is 13.9. The maximum Gasteiger partial charge on any atom is 0.251 e. The number of nitrogens with one attached hydrogen (secondary N) is 2. The Balaban J connectivity index is 2.83. The van der Waals surface area contributed by atoms with Crippen molar-refractivity contribution in [3.63, 3.8) is 0 Å². The maximum atomic E-state index is 13.6. The number of halogens is 1. The fraction of sp³-hybridized carbons (Fsp3) is 0.529. The summed E-state index contributed by atoms with van der Waals surface area (Å²) >= 11 is 0. The molecule has 0 aromatic heterocycles. The van der Waals surface area contributed by atoms with Crippen LogP contribution in [-0.4, -0.2) is 30.1 Å². The molecule has 1 rings (SSSR count). The van der Waals surface area contributed by atoms with E-state index in [0.717, 1.165) is 18.9 Å². The molecule has 0 aliphatic rings. The molecule has 0 bridgehead atoms. The summed E-state index contributed by atoms with van der Waals surface area (Å²) in [6.07, 6.45) is 2.29. The third-order valence-corrected chi connectivity index (χ3v) is 4.31. The first-order valence-electron chi connectivity index (χ1n) is 7.83. The number of aliphatic hydroxyl groups is 1. The highest BCUT2D eigenvalue weighted by Gasteiger charge is 2.26. The summed E-state index contributed by atoms with van der Waals surface area (Å²) in [7, 11) is 0. The Morgan fingerprint density at radius 2 is 1.91 bits per heavy atom. The Bertz CT molecular complexity index is 557. The lowest BCUT2D eigenvalue weighted by Gasteiger charge is -2.31. The van der Waals surface area contributed by atoms with Gasteiger partial charge in [0.2, 0.25) is 5.91 Å². The third kappa shape index (κ3) is 5.32. The standard InChI is InChI=1S/C17H25FN2O3/c1-4-17(5-2,8-9-21)11-19-16(23)13-6-7-14(18)15(10-13)20-12(3)22/h6-7,10,21H,4-5,8-9,11H2,1-3H3,(H,19,23)(H,20,22). The Labute approximate surface area is 136 Å². The minimum absolute atomic E-state index is 0.0160. The van der Waals surface area contributed by atoms with Crippen molar-refractivity contribution < 1.29 is 19.1 Å². The molecule has 5 nitrogen and oxygen atoms in total. The molecule has 0 spiro atoms. The second-order valence-corrected chi connectivity index (χ2v) is 5.74. The molecule has 0 saturated heterocycles. The summed E-state index contributed by atoms with van der Waals surface area (Å²) in [5, 5.41) is 14.4. The fourth-order valence-electron chi connectivity index (χ4n) is 2.50. The number of amides is 2. The molecule has 0 radical (unpaired) electrons. The number of carbonyl (C=O) groups excluding carboxylic acids is 2. The molecule has 0 aliphatic heterocycles. The first-order valence-corrected chi connectivity index (χ1v) is 7.83. The molecular weight excluding hydrogens is 299 g/mol. The largest absolute Gasteiger partial charge is 0.396 e. The molecule has 2 amide bonds. The molecule has 6 heteroatoms. The minimum Gasteiger partial charge on any atom is -0.396 e. The van der Waals surface area contributed by atoms with Crippen LogP contribution in [0.3, 0.4) is 0 Å². The molecular formula is C17H25FN2O3. The van der Waals surface area contributed by atoms with Gasteiger partial charge in [-0.3, -0.25) is 9.59 Å². The normalized spacial score (nSPS) is 11.2. The van der Waals surface area contributed by atoms with Crippen LogP contribution < -0.4 is 10.6 Å². The van der Waals surface area contributed by atoms with Crippen molar-refractivity contribution in [3.05, 3.63) is 29.6 Å². The number of rotatable bonds is 8. The number of anilines is 1. The summed E-state index contributed by atoms with van der Waals surface area (Å²) < 4.78 is 13.6. The molecule has 0 aliphatic carbocycles. The smallest absolute Gasteiger partial charge is 0.251 e. The second kappa shape index (κ2) is 8.62.